The number of carbonyl (C=O) groups is 2. The van der Waals surface area contributed by atoms with Gasteiger partial charge in [-0.1, -0.05) is 30.3 Å². The van der Waals surface area contributed by atoms with E-state index < -0.39 is 24.3 Å². The van der Waals surface area contributed by atoms with Crippen LogP contribution in [0.4, 0.5) is 4.79 Å². The van der Waals surface area contributed by atoms with Crippen LogP contribution >= 0.6 is 0 Å². The molecule has 0 saturated heterocycles. The van der Waals surface area contributed by atoms with Crippen LogP contribution in [0.5, 0.6) is 0 Å². The second-order valence-electron chi connectivity index (χ2n) is 6.45. The molecule has 152 valence electrons. The number of aliphatic hydroxyl groups excluding tert-OH is 2. The van der Waals surface area contributed by atoms with Gasteiger partial charge in [0.05, 0.1) is 12.7 Å². The number of hydrogen-bond donors (Lipinski definition) is 4. The Hall–Kier alpha value is -3.36. The van der Waals surface area contributed by atoms with Gasteiger partial charge >= 0.3 is 12.1 Å². The van der Waals surface area contributed by atoms with Crippen molar-refractivity contribution in [1.82, 2.24) is 10.3 Å². The van der Waals surface area contributed by atoms with Crippen molar-refractivity contribution in [3.63, 3.8) is 0 Å². The number of benzene rings is 2. The Labute approximate surface area is 167 Å². The zero-order valence-corrected chi connectivity index (χ0v) is 15.8. The lowest BCUT2D eigenvalue weighted by Gasteiger charge is -2.19. The average Bonchev–Trinajstić information content (AvgIpc) is 3.23. The van der Waals surface area contributed by atoms with Crippen LogP contribution in [0.1, 0.15) is 27.6 Å². The summed E-state index contributed by atoms with van der Waals surface area (Å²) < 4.78 is 9.85. The molecule has 29 heavy (non-hydrogen) atoms. The van der Waals surface area contributed by atoms with Crippen molar-refractivity contribution in [3.05, 3.63) is 71.4 Å². The summed E-state index contributed by atoms with van der Waals surface area (Å²) in [7, 11) is 1.27. The third kappa shape index (κ3) is 4.92. The molecule has 0 aliphatic rings. The molecule has 0 radical (unpaired) electrons. The fourth-order valence-electron chi connectivity index (χ4n) is 2.93. The Kier molecular flexibility index (Phi) is 6.48. The topological polar surface area (TPSA) is 121 Å². The Morgan fingerprint density at radius 2 is 1.90 bits per heavy atom. The summed E-state index contributed by atoms with van der Waals surface area (Å²) in [6.45, 7) is -0.136. The van der Waals surface area contributed by atoms with E-state index in [1.165, 1.54) is 13.2 Å². The molecule has 1 heterocycles. The minimum absolute atomic E-state index is 0.0945. The van der Waals surface area contributed by atoms with Crippen molar-refractivity contribution in [2.75, 3.05) is 13.7 Å². The number of aromatic amines is 1. The summed E-state index contributed by atoms with van der Waals surface area (Å²) in [5, 5.41) is 23.8. The first-order valence-corrected chi connectivity index (χ1v) is 8.99. The number of carbonyl (C=O) groups excluding carboxylic acids is 2. The van der Waals surface area contributed by atoms with Gasteiger partial charge in [0.15, 0.2) is 0 Å². The zero-order valence-electron chi connectivity index (χ0n) is 15.8. The molecule has 4 N–H and O–H groups in total. The molecule has 8 heteroatoms. The molecule has 0 aliphatic heterocycles. The third-order valence-electron chi connectivity index (χ3n) is 4.47. The molecule has 2 aromatic carbocycles. The Bertz CT molecular complexity index is 985. The summed E-state index contributed by atoms with van der Waals surface area (Å²) in [5.74, 6) is -0.555. The van der Waals surface area contributed by atoms with E-state index in [0.717, 1.165) is 5.56 Å². The summed E-state index contributed by atoms with van der Waals surface area (Å²) >= 11 is 0. The molecule has 0 fully saturated rings. The lowest BCUT2D eigenvalue weighted by atomic mass is 9.99. The molecule has 8 nitrogen and oxygen atoms in total. The highest BCUT2D eigenvalue weighted by atomic mass is 16.5. The highest BCUT2D eigenvalue weighted by Gasteiger charge is 2.22. The molecule has 0 spiro atoms. The molecule has 3 rings (SSSR count). The standard InChI is InChI=1S/C21H22N2O6/c1-28-20(26)16-9-14(10-17-15(16)7-8-22-17)19(25)18(24)11-23-21(27)29-12-13-5-3-2-4-6-13/h2-10,18-19,22,24-25H,11-12H2,1H3,(H,23,27). The van der Waals surface area contributed by atoms with Gasteiger partial charge in [-0.15, -0.1) is 0 Å². The number of methoxy groups -OCH3 is 1. The zero-order chi connectivity index (χ0) is 20.8. The second-order valence-corrected chi connectivity index (χ2v) is 6.45. The first kappa shape index (κ1) is 20.4. The Morgan fingerprint density at radius 3 is 2.62 bits per heavy atom. The Balaban J connectivity index is 1.61. The summed E-state index contributed by atoms with van der Waals surface area (Å²) in [4.78, 5) is 26.8. The van der Waals surface area contributed by atoms with Gasteiger partial charge in [0, 0.05) is 23.6 Å². The van der Waals surface area contributed by atoms with Gasteiger partial charge in [-0.3, -0.25) is 0 Å². The van der Waals surface area contributed by atoms with Gasteiger partial charge in [-0.25, -0.2) is 9.59 Å². The predicted molar refractivity (Wildman–Crippen MR) is 105 cm³/mol. The van der Waals surface area contributed by atoms with Crippen LogP contribution in [-0.4, -0.2) is 47.0 Å². The normalized spacial score (nSPS) is 12.9. The number of amides is 1. The lowest BCUT2D eigenvalue weighted by Crippen LogP contribution is -2.35. The summed E-state index contributed by atoms with van der Waals surface area (Å²) in [5.41, 5.74) is 2.03. The van der Waals surface area contributed by atoms with Crippen molar-refractivity contribution in [2.45, 2.75) is 18.8 Å². The van der Waals surface area contributed by atoms with Gasteiger partial charge in [0.25, 0.3) is 0 Å². The molecular formula is C21H22N2O6. The van der Waals surface area contributed by atoms with E-state index in [4.69, 9.17) is 9.47 Å². The van der Waals surface area contributed by atoms with Crippen molar-refractivity contribution in [2.24, 2.45) is 0 Å². The van der Waals surface area contributed by atoms with Crippen LogP contribution < -0.4 is 5.32 Å². The van der Waals surface area contributed by atoms with Gasteiger partial charge in [-0.2, -0.15) is 0 Å². The van der Waals surface area contributed by atoms with E-state index >= 15 is 0 Å². The fourth-order valence-corrected chi connectivity index (χ4v) is 2.93. The highest BCUT2D eigenvalue weighted by molar-refractivity contribution is 6.04. The van der Waals surface area contributed by atoms with Crippen LogP contribution in [0.15, 0.2) is 54.7 Å². The van der Waals surface area contributed by atoms with Gasteiger partial charge in [0.2, 0.25) is 0 Å². The van der Waals surface area contributed by atoms with Gasteiger partial charge in [-0.05, 0) is 29.3 Å². The smallest absolute Gasteiger partial charge is 0.407 e. The molecule has 0 saturated carbocycles. The molecule has 0 bridgehead atoms. The number of aliphatic hydroxyl groups is 2. The summed E-state index contributed by atoms with van der Waals surface area (Å²) in [6.07, 6.45) is -1.69. The third-order valence-corrected chi connectivity index (χ3v) is 4.47. The van der Waals surface area contributed by atoms with Crippen LogP contribution in [0.2, 0.25) is 0 Å². The summed E-state index contributed by atoms with van der Waals surface area (Å²) in [6, 6.07) is 14.0. The first-order valence-electron chi connectivity index (χ1n) is 8.99. The lowest BCUT2D eigenvalue weighted by molar-refractivity contribution is 0.0184. The van der Waals surface area contributed by atoms with Crippen LogP contribution in [0.25, 0.3) is 10.9 Å². The van der Waals surface area contributed by atoms with E-state index in [9.17, 15) is 19.8 Å². The second kappa shape index (κ2) is 9.22. The van der Waals surface area contributed by atoms with Crippen molar-refractivity contribution in [3.8, 4) is 0 Å². The number of esters is 1. The number of H-pyrrole nitrogens is 1. The van der Waals surface area contributed by atoms with E-state index in [2.05, 4.69) is 10.3 Å². The SMILES string of the molecule is COC(=O)c1cc(C(O)C(O)CNC(=O)OCc2ccccc2)cc2[nH]ccc12. The number of alkyl carbamates (subject to hydrolysis) is 1. The molecule has 2 atom stereocenters. The number of fused-ring (bicyclic) bond motifs is 1. The van der Waals surface area contributed by atoms with E-state index in [0.29, 0.717) is 16.5 Å². The quantitative estimate of drug-likeness (QED) is 0.453. The van der Waals surface area contributed by atoms with Crippen LogP contribution in [0.3, 0.4) is 0 Å². The molecule has 0 aliphatic carbocycles. The maximum atomic E-state index is 12.0. The molecule has 1 amide bonds. The number of hydrogen-bond acceptors (Lipinski definition) is 6. The largest absolute Gasteiger partial charge is 0.465 e. The van der Waals surface area contributed by atoms with Gasteiger partial charge < -0.3 is 30.0 Å². The minimum atomic E-state index is -1.33. The monoisotopic (exact) mass is 398 g/mol. The highest BCUT2D eigenvalue weighted by Crippen LogP contribution is 2.26. The molecule has 3 aromatic rings. The van der Waals surface area contributed by atoms with Crippen molar-refractivity contribution in [1.29, 1.82) is 0 Å². The molecular weight excluding hydrogens is 376 g/mol. The number of rotatable bonds is 7. The van der Waals surface area contributed by atoms with Crippen LogP contribution in [0, 0.1) is 0 Å². The maximum absolute atomic E-state index is 12.0. The van der Waals surface area contributed by atoms with E-state index in [1.54, 1.807) is 18.3 Å². The predicted octanol–water partition coefficient (Wildman–Crippen LogP) is 2.28. The number of ether oxygens (including phenoxy) is 2. The molecule has 2 unspecified atom stereocenters. The maximum Gasteiger partial charge on any atom is 0.407 e. The van der Waals surface area contributed by atoms with Gasteiger partial charge in [0.1, 0.15) is 18.8 Å². The van der Waals surface area contributed by atoms with E-state index in [-0.39, 0.29) is 18.7 Å². The number of aromatic nitrogens is 1. The fraction of sp³-hybridized carbons (Fsp3) is 0.238. The molecule has 1 aromatic heterocycles. The van der Waals surface area contributed by atoms with Crippen LogP contribution in [-0.2, 0) is 16.1 Å². The van der Waals surface area contributed by atoms with Crippen molar-refractivity contribution < 1.29 is 29.3 Å². The van der Waals surface area contributed by atoms with Crippen molar-refractivity contribution >= 4 is 23.0 Å². The minimum Gasteiger partial charge on any atom is -0.465 e. The Morgan fingerprint density at radius 1 is 1.14 bits per heavy atom. The van der Waals surface area contributed by atoms with E-state index in [1.807, 2.05) is 30.3 Å². The average molecular weight is 398 g/mol. The number of nitrogens with one attached hydrogen (secondary N) is 2. The first-order chi connectivity index (χ1) is 14.0.